The van der Waals surface area contributed by atoms with Crippen LogP contribution in [0.4, 0.5) is 0 Å². The van der Waals surface area contributed by atoms with E-state index in [0.29, 0.717) is 6.54 Å². The quantitative estimate of drug-likeness (QED) is 0.784. The Balaban J connectivity index is 0.00000242. The molecule has 1 atom stereocenters. The summed E-state index contributed by atoms with van der Waals surface area (Å²) >= 11 is 0. The summed E-state index contributed by atoms with van der Waals surface area (Å²) in [6.45, 7) is 6.01. The number of benzene rings is 1. The molecule has 0 radical (unpaired) electrons. The van der Waals surface area contributed by atoms with E-state index in [4.69, 9.17) is 5.73 Å². The molecule has 1 fully saturated rings. The van der Waals surface area contributed by atoms with Gasteiger partial charge >= 0.3 is 0 Å². The number of amides is 1. The molecule has 132 valence electrons. The van der Waals surface area contributed by atoms with Crippen molar-refractivity contribution in [2.45, 2.75) is 51.7 Å². The normalized spacial score (nSPS) is 15.4. The fourth-order valence-electron chi connectivity index (χ4n) is 2.80. The van der Waals surface area contributed by atoms with Gasteiger partial charge in [-0.05, 0) is 43.5 Å². The van der Waals surface area contributed by atoms with Crippen LogP contribution in [0, 0.1) is 0 Å². The highest BCUT2D eigenvalue weighted by Gasteiger charge is 2.13. The van der Waals surface area contributed by atoms with Gasteiger partial charge in [-0.3, -0.25) is 9.69 Å². The molecule has 1 saturated heterocycles. The zero-order valence-corrected chi connectivity index (χ0v) is 15.4. The Morgan fingerprint density at radius 1 is 1.26 bits per heavy atom. The fraction of sp³-hybridized carbons (Fsp3) is 0.588. The van der Waals surface area contributed by atoms with Crippen LogP contribution in [0.15, 0.2) is 24.3 Å². The van der Waals surface area contributed by atoms with Crippen LogP contribution in [0.5, 0.6) is 0 Å². The van der Waals surface area contributed by atoms with Crippen molar-refractivity contribution in [2.24, 2.45) is 5.73 Å². The molecule has 1 unspecified atom stereocenters. The Morgan fingerprint density at radius 3 is 2.57 bits per heavy atom. The summed E-state index contributed by atoms with van der Waals surface area (Å²) in [6.07, 6.45) is 4.29. The molecule has 1 amide bonds. The lowest BCUT2D eigenvalue weighted by Crippen LogP contribution is -2.40. The lowest BCUT2D eigenvalue weighted by Gasteiger charge is -2.15. The predicted molar refractivity (Wildman–Crippen MR) is 100 cm³/mol. The Bertz CT molecular complexity index is 465. The van der Waals surface area contributed by atoms with E-state index in [2.05, 4.69) is 34.5 Å². The molecular formula is C17H29Cl2N3O. The van der Waals surface area contributed by atoms with E-state index in [-0.39, 0.29) is 36.8 Å². The Hall–Kier alpha value is -0.810. The molecule has 0 aliphatic carbocycles. The van der Waals surface area contributed by atoms with Crippen LogP contribution in [0.1, 0.15) is 43.7 Å². The minimum Gasteiger partial charge on any atom is -0.351 e. The molecule has 4 nitrogen and oxygen atoms in total. The van der Waals surface area contributed by atoms with Crippen molar-refractivity contribution >= 4 is 30.7 Å². The van der Waals surface area contributed by atoms with Gasteiger partial charge < -0.3 is 11.1 Å². The Morgan fingerprint density at radius 2 is 1.91 bits per heavy atom. The predicted octanol–water partition coefficient (Wildman–Crippen LogP) is 2.87. The first kappa shape index (κ1) is 22.2. The molecule has 0 saturated carbocycles. The topological polar surface area (TPSA) is 58.4 Å². The molecule has 3 N–H and O–H groups in total. The van der Waals surface area contributed by atoms with E-state index < -0.39 is 0 Å². The highest BCUT2D eigenvalue weighted by Crippen LogP contribution is 2.13. The van der Waals surface area contributed by atoms with Crippen molar-refractivity contribution < 1.29 is 4.79 Å². The number of hydrogen-bond donors (Lipinski definition) is 2. The highest BCUT2D eigenvalue weighted by atomic mass is 35.5. The molecule has 2 rings (SSSR count). The van der Waals surface area contributed by atoms with Gasteiger partial charge in [0.2, 0.25) is 5.91 Å². The number of nitrogens with one attached hydrogen (secondary N) is 1. The Labute approximate surface area is 152 Å². The van der Waals surface area contributed by atoms with Gasteiger partial charge in [-0.15, -0.1) is 24.8 Å². The first-order valence-corrected chi connectivity index (χ1v) is 8.02. The summed E-state index contributed by atoms with van der Waals surface area (Å²) in [7, 11) is 0. The zero-order valence-electron chi connectivity index (χ0n) is 13.8. The minimum atomic E-state index is -0.386. The number of nitrogens with zero attached hydrogens (tertiary/aromatic N) is 1. The van der Waals surface area contributed by atoms with Gasteiger partial charge in [0.25, 0.3) is 0 Å². The van der Waals surface area contributed by atoms with Crippen LogP contribution >= 0.6 is 24.8 Å². The second-order valence-corrected chi connectivity index (χ2v) is 5.92. The van der Waals surface area contributed by atoms with Crippen molar-refractivity contribution in [3.8, 4) is 0 Å². The third kappa shape index (κ3) is 7.53. The van der Waals surface area contributed by atoms with E-state index in [1.165, 1.54) is 31.5 Å². The summed E-state index contributed by atoms with van der Waals surface area (Å²) in [5, 5.41) is 2.93. The molecule has 1 heterocycles. The van der Waals surface area contributed by atoms with Crippen LogP contribution < -0.4 is 11.1 Å². The van der Waals surface area contributed by atoms with Gasteiger partial charge in [-0.1, -0.05) is 37.6 Å². The molecule has 1 aliphatic heterocycles. The summed E-state index contributed by atoms with van der Waals surface area (Å²) < 4.78 is 0. The monoisotopic (exact) mass is 361 g/mol. The molecule has 0 aromatic heterocycles. The molecule has 1 aliphatic rings. The van der Waals surface area contributed by atoms with Crippen LogP contribution in [0.25, 0.3) is 0 Å². The zero-order chi connectivity index (χ0) is 15.1. The third-order valence-electron chi connectivity index (χ3n) is 4.00. The largest absolute Gasteiger partial charge is 0.351 e. The number of likely N-dealkylation sites (tertiary alicyclic amines) is 1. The number of carbonyl (C=O) groups excluding carboxylic acids is 1. The second-order valence-electron chi connectivity index (χ2n) is 5.92. The summed E-state index contributed by atoms with van der Waals surface area (Å²) in [4.78, 5) is 14.3. The lowest BCUT2D eigenvalue weighted by atomic mass is 10.1. The van der Waals surface area contributed by atoms with E-state index in [0.717, 1.165) is 24.9 Å². The molecule has 0 bridgehead atoms. The maximum absolute atomic E-state index is 11.8. The molecular weight excluding hydrogens is 333 g/mol. The summed E-state index contributed by atoms with van der Waals surface area (Å²) in [6, 6.07) is 8.08. The van der Waals surface area contributed by atoms with E-state index in [1.54, 1.807) is 0 Å². The van der Waals surface area contributed by atoms with Gasteiger partial charge in [0.15, 0.2) is 0 Å². The van der Waals surface area contributed by atoms with E-state index in [1.807, 2.05) is 6.92 Å². The van der Waals surface area contributed by atoms with Crippen LogP contribution in [0.2, 0.25) is 0 Å². The first-order valence-electron chi connectivity index (χ1n) is 8.02. The van der Waals surface area contributed by atoms with Crippen LogP contribution in [-0.2, 0) is 17.9 Å². The average molecular weight is 362 g/mol. The fourth-order valence-corrected chi connectivity index (χ4v) is 2.80. The van der Waals surface area contributed by atoms with Crippen LogP contribution in [0.3, 0.4) is 0 Å². The Kier molecular flexibility index (Phi) is 11.3. The molecule has 6 heteroatoms. The molecule has 23 heavy (non-hydrogen) atoms. The minimum absolute atomic E-state index is 0. The van der Waals surface area contributed by atoms with E-state index >= 15 is 0 Å². The van der Waals surface area contributed by atoms with Gasteiger partial charge in [0, 0.05) is 13.1 Å². The highest BCUT2D eigenvalue weighted by molar-refractivity contribution is 5.85. The maximum atomic E-state index is 11.8. The number of halogens is 2. The van der Waals surface area contributed by atoms with Crippen molar-refractivity contribution in [3.63, 3.8) is 0 Å². The third-order valence-corrected chi connectivity index (χ3v) is 4.00. The lowest BCUT2D eigenvalue weighted by molar-refractivity contribution is -0.122. The summed E-state index contributed by atoms with van der Waals surface area (Å²) in [5.41, 5.74) is 8.28. The standard InChI is InChI=1S/C17H27N3O.2ClH/c1-2-6-16(18)17(21)19-12-14-7-5-8-15(11-14)13-20-9-3-4-10-20;;/h5,7-8,11,16H,2-4,6,9-10,12-13,18H2,1H3,(H,19,21);2*1H. The number of carbonyl (C=O) groups is 1. The molecule has 1 aromatic rings. The van der Waals surface area contributed by atoms with Crippen molar-refractivity contribution in [1.29, 1.82) is 0 Å². The average Bonchev–Trinajstić information content (AvgIpc) is 2.98. The first-order chi connectivity index (χ1) is 10.2. The van der Waals surface area contributed by atoms with Crippen molar-refractivity contribution in [2.75, 3.05) is 13.1 Å². The molecule has 0 spiro atoms. The maximum Gasteiger partial charge on any atom is 0.237 e. The van der Waals surface area contributed by atoms with Gasteiger partial charge in [0.05, 0.1) is 6.04 Å². The van der Waals surface area contributed by atoms with Gasteiger partial charge in [-0.25, -0.2) is 0 Å². The van der Waals surface area contributed by atoms with Crippen molar-refractivity contribution in [3.05, 3.63) is 35.4 Å². The van der Waals surface area contributed by atoms with E-state index in [9.17, 15) is 4.79 Å². The molecule has 1 aromatic carbocycles. The smallest absolute Gasteiger partial charge is 0.237 e. The van der Waals surface area contributed by atoms with Crippen molar-refractivity contribution in [1.82, 2.24) is 10.2 Å². The number of rotatable bonds is 7. The number of hydrogen-bond acceptors (Lipinski definition) is 3. The summed E-state index contributed by atoms with van der Waals surface area (Å²) in [5.74, 6) is -0.0539. The SMILES string of the molecule is CCCC(N)C(=O)NCc1cccc(CN2CCCC2)c1.Cl.Cl. The number of nitrogens with two attached hydrogens (primary N) is 1. The van der Waals surface area contributed by atoms with Gasteiger partial charge in [0.1, 0.15) is 0 Å². The van der Waals surface area contributed by atoms with Gasteiger partial charge in [-0.2, -0.15) is 0 Å². The van der Waals surface area contributed by atoms with Crippen LogP contribution in [-0.4, -0.2) is 29.9 Å². The second kappa shape index (κ2) is 11.7.